The van der Waals surface area contributed by atoms with Gasteiger partial charge in [-0.2, -0.15) is 0 Å². The van der Waals surface area contributed by atoms with Gasteiger partial charge in [0, 0.05) is 12.6 Å². The molecule has 4 heterocycles. The van der Waals surface area contributed by atoms with Gasteiger partial charge in [0.15, 0.2) is 0 Å². The lowest BCUT2D eigenvalue weighted by Gasteiger charge is -2.37. The summed E-state index contributed by atoms with van der Waals surface area (Å²) in [5.41, 5.74) is 11.6. The normalized spacial score (nSPS) is 23.9. The van der Waals surface area contributed by atoms with Gasteiger partial charge >= 0.3 is 12.2 Å². The maximum atomic E-state index is 14.1. The number of rotatable bonds is 11. The van der Waals surface area contributed by atoms with Crippen LogP contribution in [0.4, 0.5) is 9.59 Å². The first-order valence-corrected chi connectivity index (χ1v) is 23.6. The molecular weight excluding hydrogens is 821 g/mol. The fourth-order valence-electron chi connectivity index (χ4n) is 11.8. The second-order valence-electron chi connectivity index (χ2n) is 19.6. The highest BCUT2D eigenvalue weighted by molar-refractivity contribution is 5.89. The number of benzene rings is 3. The van der Waals surface area contributed by atoms with Crippen LogP contribution in [-0.2, 0) is 25.5 Å². The Morgan fingerprint density at radius 1 is 0.738 bits per heavy atom. The number of hydrogen-bond donors (Lipinski definition) is 4. The number of aromatic amines is 2. The Balaban J connectivity index is 0.893. The molecule has 8 atom stereocenters. The summed E-state index contributed by atoms with van der Waals surface area (Å²) in [5.74, 6) is 2.68. The third kappa shape index (κ3) is 7.52. The highest BCUT2D eigenvalue weighted by Crippen LogP contribution is 2.56. The molecule has 10 rings (SSSR count). The van der Waals surface area contributed by atoms with Gasteiger partial charge in [0.05, 0.1) is 49.2 Å². The van der Waals surface area contributed by atoms with Crippen molar-refractivity contribution in [1.82, 2.24) is 40.4 Å². The van der Waals surface area contributed by atoms with Crippen LogP contribution >= 0.6 is 0 Å². The second-order valence-corrected chi connectivity index (χ2v) is 19.6. The van der Waals surface area contributed by atoms with E-state index in [0.717, 1.165) is 78.0 Å². The summed E-state index contributed by atoms with van der Waals surface area (Å²) >= 11 is 0. The zero-order chi connectivity index (χ0) is 45.3. The number of alkyl carbamates (subject to hydrolysis) is 2. The van der Waals surface area contributed by atoms with Crippen molar-refractivity contribution in [3.63, 3.8) is 0 Å². The van der Waals surface area contributed by atoms with Crippen LogP contribution in [0.15, 0.2) is 60.8 Å². The van der Waals surface area contributed by atoms with E-state index in [0.29, 0.717) is 24.3 Å². The number of hydrogen-bond acceptors (Lipinski definition) is 8. The molecular formula is C51H60N8O6. The van der Waals surface area contributed by atoms with Crippen molar-refractivity contribution >= 4 is 35.0 Å². The number of amides is 4. The van der Waals surface area contributed by atoms with Gasteiger partial charge in [-0.25, -0.2) is 19.6 Å². The molecule has 3 aliphatic carbocycles. The zero-order valence-electron chi connectivity index (χ0n) is 38.1. The van der Waals surface area contributed by atoms with Gasteiger partial charge in [-0.1, -0.05) is 70.2 Å². The van der Waals surface area contributed by atoms with Crippen LogP contribution in [0.3, 0.4) is 0 Å². The second kappa shape index (κ2) is 17.0. The number of nitrogens with one attached hydrogen (secondary N) is 4. The molecule has 14 nitrogen and oxygen atoms in total. The number of carbonyl (C=O) groups is 4. The van der Waals surface area contributed by atoms with Crippen LogP contribution in [0.25, 0.3) is 44.5 Å². The van der Waals surface area contributed by atoms with Gasteiger partial charge in [0.1, 0.15) is 23.7 Å². The summed E-state index contributed by atoms with van der Waals surface area (Å²) in [4.78, 5) is 73.1. The third-order valence-corrected chi connectivity index (χ3v) is 15.3. The lowest BCUT2D eigenvalue weighted by atomic mass is 9.73. The highest BCUT2D eigenvalue weighted by atomic mass is 16.5. The number of aromatic nitrogens is 4. The van der Waals surface area contributed by atoms with Crippen molar-refractivity contribution in [3.8, 4) is 33.5 Å². The van der Waals surface area contributed by atoms with E-state index in [1.165, 1.54) is 54.9 Å². The van der Waals surface area contributed by atoms with E-state index in [1.54, 1.807) is 0 Å². The Hall–Kier alpha value is -6.18. The van der Waals surface area contributed by atoms with E-state index in [1.807, 2.05) is 43.7 Å². The molecule has 65 heavy (non-hydrogen) atoms. The summed E-state index contributed by atoms with van der Waals surface area (Å²) in [5, 5.41) is 5.52. The number of fused-ring (bicyclic) bond motifs is 6. The summed E-state index contributed by atoms with van der Waals surface area (Å²) in [6.45, 7) is 8.33. The predicted octanol–water partition coefficient (Wildman–Crippen LogP) is 8.81. The molecule has 0 radical (unpaired) electrons. The first kappa shape index (κ1) is 42.8. The maximum Gasteiger partial charge on any atom is 0.407 e. The van der Waals surface area contributed by atoms with Crippen LogP contribution < -0.4 is 10.6 Å². The number of ether oxygens (including phenoxy) is 2. The van der Waals surface area contributed by atoms with Crippen molar-refractivity contribution in [3.05, 3.63) is 83.6 Å². The molecule has 8 unspecified atom stereocenters. The molecule has 5 aromatic rings. The molecule has 5 aliphatic rings. The van der Waals surface area contributed by atoms with Gasteiger partial charge < -0.3 is 39.9 Å². The molecule has 4 amide bonds. The van der Waals surface area contributed by atoms with Gasteiger partial charge in [0.2, 0.25) is 11.8 Å². The molecule has 3 aromatic carbocycles. The standard InChI is InChI=1S/C51H60N8O6/c1-26(2)43(56-50(62)64-5)48(60)58-21-7-8-41(58)46-53-38-20-15-31(24-39(38)54-46)36-19-18-34(37-23-30-14-17-35(30)42(36)37)28-9-11-29(12-10-28)40-25-52-47(55-40)45-32-13-16-33(22-32)59(45)49(61)44(27(3)4)57-51(63)65-6/h9-12,15,18-20,24-27,30,32-33,35,41,43-45H,7-8,13-14,16-17,21-23H2,1-6H3,(H,52,55)(H,53,54)(H,56,62)(H,57,63). The van der Waals surface area contributed by atoms with Crippen LogP contribution in [0.1, 0.15) is 113 Å². The number of piperidine rings is 1. The summed E-state index contributed by atoms with van der Waals surface area (Å²) in [7, 11) is 2.62. The zero-order valence-corrected chi connectivity index (χ0v) is 38.1. The first-order valence-electron chi connectivity index (χ1n) is 23.6. The van der Waals surface area contributed by atoms with Gasteiger partial charge in [-0.05, 0) is 132 Å². The summed E-state index contributed by atoms with van der Waals surface area (Å²) in [6.07, 6.45) is 8.79. The van der Waals surface area contributed by atoms with Gasteiger partial charge in [-0.3, -0.25) is 9.59 Å². The third-order valence-electron chi connectivity index (χ3n) is 15.3. The van der Waals surface area contributed by atoms with Crippen LogP contribution in [0.2, 0.25) is 0 Å². The highest BCUT2D eigenvalue weighted by Gasteiger charge is 2.51. The Kier molecular flexibility index (Phi) is 11.2. The average Bonchev–Trinajstić information content (AvgIpc) is 4.17. The van der Waals surface area contributed by atoms with E-state index in [4.69, 9.17) is 19.4 Å². The maximum absolute atomic E-state index is 14.1. The monoisotopic (exact) mass is 880 g/mol. The minimum atomic E-state index is -0.687. The lowest BCUT2D eigenvalue weighted by molar-refractivity contribution is -0.139. The van der Waals surface area contributed by atoms with Crippen molar-refractivity contribution in [2.24, 2.45) is 23.7 Å². The lowest BCUT2D eigenvalue weighted by Crippen LogP contribution is -2.54. The number of imidazole rings is 2. The quantitative estimate of drug-likeness (QED) is 0.102. The van der Waals surface area contributed by atoms with E-state index < -0.39 is 24.3 Å². The number of likely N-dealkylation sites (tertiary alicyclic amines) is 2. The van der Waals surface area contributed by atoms with Crippen LogP contribution in [0, 0.1) is 23.7 Å². The minimum Gasteiger partial charge on any atom is -0.453 e. The fraction of sp³-hybridized carbons (Fsp3) is 0.490. The molecule has 0 spiro atoms. The average molecular weight is 881 g/mol. The Morgan fingerprint density at radius 3 is 2.11 bits per heavy atom. The molecule has 340 valence electrons. The molecule has 4 fully saturated rings. The molecule has 2 bridgehead atoms. The number of carbonyl (C=O) groups excluding carboxylic acids is 4. The Labute approximate surface area is 379 Å². The van der Waals surface area contributed by atoms with Crippen molar-refractivity contribution in [1.29, 1.82) is 0 Å². The largest absolute Gasteiger partial charge is 0.453 e. The smallest absolute Gasteiger partial charge is 0.407 e. The van der Waals surface area contributed by atoms with Crippen molar-refractivity contribution in [2.45, 2.75) is 115 Å². The SMILES string of the molecule is COC(=O)NC(C(=O)N1CCCC1c1nc2ccc(-c3ccc(-c4ccc(-c5cnc(C6C7CCC(C7)N6C(=O)C(NC(=O)OC)C(C)C)[nH]5)cc4)c4c3C3CCC3C4)cc2[nH]1)C(C)C. The Bertz CT molecular complexity index is 2650. The summed E-state index contributed by atoms with van der Waals surface area (Å²) < 4.78 is 9.68. The molecule has 2 aromatic heterocycles. The summed E-state index contributed by atoms with van der Waals surface area (Å²) in [6, 6.07) is 18.2. The predicted molar refractivity (Wildman–Crippen MR) is 246 cm³/mol. The topological polar surface area (TPSA) is 175 Å². The van der Waals surface area contributed by atoms with Crippen molar-refractivity contribution < 1.29 is 28.7 Å². The number of nitrogens with zero attached hydrogens (tertiary/aromatic N) is 4. The molecule has 2 saturated heterocycles. The number of methoxy groups -OCH3 is 2. The van der Waals surface area contributed by atoms with Gasteiger partial charge in [0.25, 0.3) is 0 Å². The Morgan fingerprint density at radius 2 is 1.42 bits per heavy atom. The van der Waals surface area contributed by atoms with Crippen molar-refractivity contribution in [2.75, 3.05) is 20.8 Å². The van der Waals surface area contributed by atoms with E-state index in [-0.39, 0.29) is 41.8 Å². The van der Waals surface area contributed by atoms with E-state index in [9.17, 15) is 19.2 Å². The number of H-pyrrole nitrogens is 2. The van der Waals surface area contributed by atoms with Gasteiger partial charge in [-0.15, -0.1) is 0 Å². The van der Waals surface area contributed by atoms with Crippen LogP contribution in [-0.4, -0.2) is 92.6 Å². The molecule has 4 N–H and O–H groups in total. The first-order chi connectivity index (χ1) is 31.4. The molecule has 2 aliphatic heterocycles. The fourth-order valence-corrected chi connectivity index (χ4v) is 11.8. The van der Waals surface area contributed by atoms with E-state index >= 15 is 0 Å². The minimum absolute atomic E-state index is 0.0817. The molecule has 14 heteroatoms. The molecule has 2 saturated carbocycles. The van der Waals surface area contributed by atoms with E-state index in [2.05, 4.69) is 75.2 Å². The van der Waals surface area contributed by atoms with Crippen LogP contribution in [0.5, 0.6) is 0 Å².